The molecule has 6 nitrogen and oxygen atoms in total. The highest BCUT2D eigenvalue weighted by atomic mass is 127. The number of hydrogen-bond donors (Lipinski definition) is 0. The SMILES string of the molecule is COCCOC(C)[N+]1(C(C)OCCOC)C=CN=C1.[I-]. The third-order valence-corrected chi connectivity index (χ3v) is 3.23. The van der Waals surface area contributed by atoms with Crippen molar-refractivity contribution in [2.45, 2.75) is 26.3 Å². The van der Waals surface area contributed by atoms with Crippen LogP contribution in [0.25, 0.3) is 0 Å². The Morgan fingerprint density at radius 3 is 1.80 bits per heavy atom. The van der Waals surface area contributed by atoms with E-state index in [1.165, 1.54) is 0 Å². The maximum Gasteiger partial charge on any atom is 0.202 e. The lowest BCUT2D eigenvalue weighted by molar-refractivity contribution is -0.881. The predicted molar refractivity (Wildman–Crippen MR) is 72.5 cm³/mol. The number of nitrogens with zero attached hydrogens (tertiary/aromatic N) is 2. The molecule has 2 atom stereocenters. The van der Waals surface area contributed by atoms with Gasteiger partial charge in [-0.25, -0.2) is 9.48 Å². The number of rotatable bonds is 10. The fourth-order valence-electron chi connectivity index (χ4n) is 1.93. The molecule has 20 heavy (non-hydrogen) atoms. The summed E-state index contributed by atoms with van der Waals surface area (Å²) >= 11 is 0. The zero-order chi connectivity index (χ0) is 14.1. The van der Waals surface area contributed by atoms with E-state index < -0.39 is 0 Å². The fraction of sp³-hybridized carbons (Fsp3) is 0.769. The highest BCUT2D eigenvalue weighted by molar-refractivity contribution is 5.51. The Morgan fingerprint density at radius 1 is 0.950 bits per heavy atom. The molecule has 0 aromatic rings. The van der Waals surface area contributed by atoms with Crippen molar-refractivity contribution in [1.82, 2.24) is 0 Å². The van der Waals surface area contributed by atoms with E-state index in [1.54, 1.807) is 20.4 Å². The molecule has 1 aliphatic rings. The summed E-state index contributed by atoms with van der Waals surface area (Å²) in [5.41, 5.74) is 0. The summed E-state index contributed by atoms with van der Waals surface area (Å²) in [6.45, 7) is 6.25. The lowest BCUT2D eigenvalue weighted by atomic mass is 10.3. The second kappa shape index (κ2) is 10.6. The Kier molecular flexibility index (Phi) is 10.6. The molecule has 0 aromatic carbocycles. The van der Waals surface area contributed by atoms with Crippen LogP contribution in [0.5, 0.6) is 0 Å². The van der Waals surface area contributed by atoms with Crippen LogP contribution in [-0.4, -0.2) is 63.9 Å². The van der Waals surface area contributed by atoms with Gasteiger partial charge in [0.15, 0.2) is 6.34 Å². The number of quaternary nitrogens is 1. The van der Waals surface area contributed by atoms with Crippen molar-refractivity contribution < 1.29 is 47.4 Å². The van der Waals surface area contributed by atoms with Gasteiger partial charge in [-0.05, 0) is 0 Å². The van der Waals surface area contributed by atoms with Crippen molar-refractivity contribution in [3.8, 4) is 0 Å². The minimum Gasteiger partial charge on any atom is -1.00 e. The van der Waals surface area contributed by atoms with Crippen LogP contribution in [0, 0.1) is 0 Å². The third-order valence-electron chi connectivity index (χ3n) is 3.23. The summed E-state index contributed by atoms with van der Waals surface area (Å²) in [5.74, 6) is 0. The molecule has 0 bridgehead atoms. The number of methoxy groups -OCH3 is 2. The molecule has 0 aromatic heterocycles. The monoisotopic (exact) mass is 400 g/mol. The smallest absolute Gasteiger partial charge is 0.202 e. The van der Waals surface area contributed by atoms with Crippen LogP contribution >= 0.6 is 0 Å². The van der Waals surface area contributed by atoms with Gasteiger partial charge in [-0.15, -0.1) is 0 Å². The summed E-state index contributed by atoms with van der Waals surface area (Å²) in [4.78, 5) is 4.18. The highest BCUT2D eigenvalue weighted by Crippen LogP contribution is 2.23. The van der Waals surface area contributed by atoms with Crippen molar-refractivity contribution in [3.05, 3.63) is 12.4 Å². The summed E-state index contributed by atoms with van der Waals surface area (Å²) < 4.78 is 22.0. The topological polar surface area (TPSA) is 49.3 Å². The number of ether oxygens (including phenoxy) is 4. The largest absolute Gasteiger partial charge is 1.00 e. The van der Waals surface area contributed by atoms with Gasteiger partial charge in [0.05, 0.1) is 32.6 Å². The van der Waals surface area contributed by atoms with Crippen LogP contribution < -0.4 is 24.0 Å². The zero-order valence-corrected chi connectivity index (χ0v) is 14.8. The van der Waals surface area contributed by atoms with Gasteiger partial charge in [-0.1, -0.05) is 0 Å². The average molecular weight is 400 g/mol. The molecule has 0 aliphatic carbocycles. The average Bonchev–Trinajstić information content (AvgIpc) is 2.89. The minimum absolute atomic E-state index is 0. The van der Waals surface area contributed by atoms with E-state index in [1.807, 2.05) is 26.4 Å². The molecule has 0 N–H and O–H groups in total. The summed E-state index contributed by atoms with van der Waals surface area (Å²) in [6, 6.07) is 0. The number of hydrogen-bond acceptors (Lipinski definition) is 5. The minimum atomic E-state index is -0.0878. The first kappa shape index (κ1) is 19.9. The van der Waals surface area contributed by atoms with Crippen LogP contribution in [0.1, 0.15) is 13.8 Å². The first-order valence-electron chi connectivity index (χ1n) is 6.48. The van der Waals surface area contributed by atoms with Gasteiger partial charge < -0.3 is 42.9 Å². The zero-order valence-electron chi connectivity index (χ0n) is 12.6. The summed E-state index contributed by atoms with van der Waals surface area (Å²) in [5, 5.41) is 0. The van der Waals surface area contributed by atoms with E-state index >= 15 is 0 Å². The van der Waals surface area contributed by atoms with Crippen LogP contribution in [0.4, 0.5) is 0 Å². The maximum atomic E-state index is 5.79. The maximum absolute atomic E-state index is 5.79. The van der Waals surface area contributed by atoms with Gasteiger partial charge in [0, 0.05) is 28.1 Å². The van der Waals surface area contributed by atoms with E-state index in [-0.39, 0.29) is 36.4 Å². The summed E-state index contributed by atoms with van der Waals surface area (Å²) in [7, 11) is 3.32. The second-order valence-corrected chi connectivity index (χ2v) is 4.38. The molecular formula is C13H25IN2O4. The van der Waals surface area contributed by atoms with Crippen LogP contribution in [-0.2, 0) is 18.9 Å². The quantitative estimate of drug-likeness (QED) is 0.250. The molecule has 0 saturated heterocycles. The van der Waals surface area contributed by atoms with Crippen LogP contribution in [0.15, 0.2) is 17.4 Å². The molecule has 0 saturated carbocycles. The third kappa shape index (κ3) is 5.38. The molecular weight excluding hydrogens is 375 g/mol. The van der Waals surface area contributed by atoms with E-state index in [0.29, 0.717) is 30.9 Å². The van der Waals surface area contributed by atoms with Gasteiger partial charge in [0.1, 0.15) is 6.20 Å². The molecule has 0 fully saturated rings. The second-order valence-electron chi connectivity index (χ2n) is 4.38. The van der Waals surface area contributed by atoms with E-state index in [0.717, 1.165) is 0 Å². The molecule has 0 spiro atoms. The van der Waals surface area contributed by atoms with Crippen molar-refractivity contribution in [1.29, 1.82) is 0 Å². The molecule has 1 rings (SSSR count). The van der Waals surface area contributed by atoms with Crippen molar-refractivity contribution >= 4 is 6.34 Å². The Labute approximate surface area is 138 Å². The van der Waals surface area contributed by atoms with Gasteiger partial charge in [0.25, 0.3) is 0 Å². The molecule has 7 heteroatoms. The van der Waals surface area contributed by atoms with Crippen LogP contribution in [0.2, 0.25) is 0 Å². The van der Waals surface area contributed by atoms with E-state index in [9.17, 15) is 0 Å². The van der Waals surface area contributed by atoms with Crippen LogP contribution in [0.3, 0.4) is 0 Å². The predicted octanol–water partition coefficient (Wildman–Crippen LogP) is -1.66. The van der Waals surface area contributed by atoms with Gasteiger partial charge in [-0.3, -0.25) is 0 Å². The Hall–Kier alpha value is -0.0600. The molecule has 118 valence electrons. The Bertz CT molecular complexity index is 283. The van der Waals surface area contributed by atoms with Crippen molar-refractivity contribution in [2.24, 2.45) is 4.99 Å². The first-order valence-corrected chi connectivity index (χ1v) is 6.48. The fourth-order valence-corrected chi connectivity index (χ4v) is 1.93. The lowest BCUT2D eigenvalue weighted by Crippen LogP contribution is -3.00. The number of halogens is 1. The van der Waals surface area contributed by atoms with E-state index in [2.05, 4.69) is 4.99 Å². The van der Waals surface area contributed by atoms with Crippen molar-refractivity contribution in [3.63, 3.8) is 0 Å². The normalized spacial score (nSPS) is 23.6. The highest BCUT2D eigenvalue weighted by Gasteiger charge is 2.40. The van der Waals surface area contributed by atoms with Crippen molar-refractivity contribution in [2.75, 3.05) is 40.6 Å². The standard InChI is InChI=1S/C13H25N2O4.HI/c1-12(18-9-7-16-3)15(6-5-14-11-15)13(2)19-10-8-17-4;/h5-6,11-13H,7-10H2,1-4H3;1H/q+1;/p-1. The molecule has 1 aliphatic heterocycles. The molecule has 0 radical (unpaired) electrons. The van der Waals surface area contributed by atoms with E-state index in [4.69, 9.17) is 18.9 Å². The molecule has 0 amide bonds. The first-order chi connectivity index (χ1) is 9.17. The summed E-state index contributed by atoms with van der Waals surface area (Å²) in [6.07, 6.45) is 5.42. The Balaban J connectivity index is 0.00000361. The van der Waals surface area contributed by atoms with Gasteiger partial charge in [0.2, 0.25) is 12.5 Å². The number of aliphatic imine (C=N–C) groups is 1. The van der Waals surface area contributed by atoms with Gasteiger partial charge in [-0.2, -0.15) is 0 Å². The Morgan fingerprint density at radius 2 is 1.45 bits per heavy atom. The lowest BCUT2D eigenvalue weighted by Gasteiger charge is -2.37. The molecule has 2 unspecified atom stereocenters. The van der Waals surface area contributed by atoms with Gasteiger partial charge >= 0.3 is 0 Å². The molecule has 1 heterocycles.